The van der Waals surface area contributed by atoms with Crippen LogP contribution in [0.2, 0.25) is 0 Å². The molecule has 26 heavy (non-hydrogen) atoms. The van der Waals surface area contributed by atoms with Crippen molar-refractivity contribution in [3.8, 4) is 11.5 Å². The van der Waals surface area contributed by atoms with Crippen LogP contribution in [0.3, 0.4) is 0 Å². The summed E-state index contributed by atoms with van der Waals surface area (Å²) < 4.78 is 1.31. The van der Waals surface area contributed by atoms with Gasteiger partial charge in [-0.1, -0.05) is 17.8 Å². The fourth-order valence-electron chi connectivity index (χ4n) is 2.16. The average molecular weight is 368 g/mol. The lowest BCUT2D eigenvalue weighted by Gasteiger charge is -2.06. The van der Waals surface area contributed by atoms with Gasteiger partial charge in [-0.25, -0.2) is 4.68 Å². The number of hydrogen-bond acceptors (Lipinski definition) is 7. The summed E-state index contributed by atoms with van der Waals surface area (Å²) in [7, 11) is 0. The number of nitrogens with two attached hydrogens (primary N) is 1. The number of benzene rings is 1. The molecule has 0 aliphatic heterocycles. The standard InChI is InChI=1S/C17H16N6O2S/c1-11(24)12-5-7-13(8-6-12)20-15(25)10-26-17-22-21-16(23(17)18)14-4-2-3-9-19-14/h2-9H,10,18H2,1H3,(H,20,25). The third-order valence-electron chi connectivity index (χ3n) is 3.47. The van der Waals surface area contributed by atoms with Gasteiger partial charge in [0, 0.05) is 17.4 Å². The molecule has 3 aromatic rings. The van der Waals surface area contributed by atoms with Gasteiger partial charge in [0.05, 0.1) is 5.75 Å². The first-order chi connectivity index (χ1) is 12.5. The molecule has 9 heteroatoms. The molecule has 132 valence electrons. The van der Waals surface area contributed by atoms with Crippen LogP contribution in [-0.4, -0.2) is 37.3 Å². The van der Waals surface area contributed by atoms with Crippen molar-refractivity contribution in [3.05, 3.63) is 54.2 Å². The lowest BCUT2D eigenvalue weighted by molar-refractivity contribution is -0.113. The summed E-state index contributed by atoms with van der Waals surface area (Å²) in [5.41, 5.74) is 1.81. The Morgan fingerprint density at radius 1 is 1.15 bits per heavy atom. The lowest BCUT2D eigenvalue weighted by Crippen LogP contribution is -2.16. The molecule has 0 aliphatic carbocycles. The Bertz CT molecular complexity index is 924. The van der Waals surface area contributed by atoms with E-state index in [1.807, 2.05) is 6.07 Å². The molecule has 1 aromatic carbocycles. The van der Waals surface area contributed by atoms with Gasteiger partial charge in [-0.15, -0.1) is 10.2 Å². The van der Waals surface area contributed by atoms with Crippen molar-refractivity contribution in [2.75, 3.05) is 16.9 Å². The maximum Gasteiger partial charge on any atom is 0.234 e. The first-order valence-corrected chi connectivity index (χ1v) is 8.68. The molecule has 0 unspecified atom stereocenters. The van der Waals surface area contributed by atoms with Crippen LogP contribution in [0.15, 0.2) is 53.8 Å². The van der Waals surface area contributed by atoms with Crippen LogP contribution in [-0.2, 0) is 4.79 Å². The van der Waals surface area contributed by atoms with Gasteiger partial charge in [-0.2, -0.15) is 0 Å². The number of amides is 1. The highest BCUT2D eigenvalue weighted by molar-refractivity contribution is 7.99. The van der Waals surface area contributed by atoms with E-state index in [1.54, 1.807) is 42.6 Å². The molecule has 8 nitrogen and oxygen atoms in total. The van der Waals surface area contributed by atoms with Crippen LogP contribution >= 0.6 is 11.8 Å². The van der Waals surface area contributed by atoms with E-state index in [9.17, 15) is 9.59 Å². The Morgan fingerprint density at radius 2 is 1.92 bits per heavy atom. The molecule has 3 N–H and O–H groups in total. The van der Waals surface area contributed by atoms with Crippen LogP contribution in [0.4, 0.5) is 5.69 Å². The van der Waals surface area contributed by atoms with Crippen LogP contribution in [0.25, 0.3) is 11.5 Å². The highest BCUT2D eigenvalue weighted by Crippen LogP contribution is 2.20. The molecule has 0 saturated heterocycles. The van der Waals surface area contributed by atoms with E-state index in [4.69, 9.17) is 5.84 Å². The maximum absolute atomic E-state index is 12.1. The third kappa shape index (κ3) is 4.06. The second-order valence-corrected chi connectivity index (χ2v) is 6.30. The molecule has 2 aromatic heterocycles. The highest BCUT2D eigenvalue weighted by Gasteiger charge is 2.14. The maximum atomic E-state index is 12.1. The van der Waals surface area contributed by atoms with Gasteiger partial charge in [0.1, 0.15) is 5.69 Å². The minimum atomic E-state index is -0.215. The molecule has 0 bridgehead atoms. The third-order valence-corrected chi connectivity index (χ3v) is 4.41. The Morgan fingerprint density at radius 3 is 2.58 bits per heavy atom. The van der Waals surface area contributed by atoms with Gasteiger partial charge in [0.15, 0.2) is 5.78 Å². The monoisotopic (exact) mass is 368 g/mol. The number of aromatic nitrogens is 4. The van der Waals surface area contributed by atoms with E-state index in [0.717, 1.165) is 0 Å². The number of nitrogens with one attached hydrogen (secondary N) is 1. The first kappa shape index (κ1) is 17.6. The van der Waals surface area contributed by atoms with Gasteiger partial charge in [0.25, 0.3) is 0 Å². The van der Waals surface area contributed by atoms with E-state index in [2.05, 4.69) is 20.5 Å². The minimum Gasteiger partial charge on any atom is -0.335 e. The largest absolute Gasteiger partial charge is 0.335 e. The number of nitrogens with zero attached hydrogens (tertiary/aromatic N) is 4. The van der Waals surface area contributed by atoms with Gasteiger partial charge in [-0.3, -0.25) is 14.6 Å². The molecule has 0 radical (unpaired) electrons. The molecule has 0 saturated carbocycles. The first-order valence-electron chi connectivity index (χ1n) is 7.70. The van der Waals surface area contributed by atoms with Crippen molar-refractivity contribution in [2.24, 2.45) is 0 Å². The van der Waals surface area contributed by atoms with E-state index < -0.39 is 0 Å². The Hall–Kier alpha value is -3.20. The second-order valence-electron chi connectivity index (χ2n) is 5.36. The highest BCUT2D eigenvalue weighted by atomic mass is 32.2. The average Bonchev–Trinajstić information content (AvgIpc) is 3.02. The molecular formula is C17H16N6O2S. The van der Waals surface area contributed by atoms with E-state index >= 15 is 0 Å². The Kier molecular flexibility index (Phi) is 5.28. The quantitative estimate of drug-likeness (QED) is 0.388. The predicted molar refractivity (Wildman–Crippen MR) is 99.2 cm³/mol. The van der Waals surface area contributed by atoms with Gasteiger partial charge in [-0.05, 0) is 43.3 Å². The molecule has 0 atom stereocenters. The molecule has 0 spiro atoms. The van der Waals surface area contributed by atoms with E-state index in [0.29, 0.717) is 27.9 Å². The van der Waals surface area contributed by atoms with Crippen LogP contribution in [0, 0.1) is 0 Å². The fourth-order valence-corrected chi connectivity index (χ4v) is 2.82. The van der Waals surface area contributed by atoms with Crippen LogP contribution in [0.1, 0.15) is 17.3 Å². The van der Waals surface area contributed by atoms with Gasteiger partial charge < -0.3 is 11.2 Å². The van der Waals surface area contributed by atoms with Crippen molar-refractivity contribution < 1.29 is 9.59 Å². The summed E-state index contributed by atoms with van der Waals surface area (Å²) in [6.07, 6.45) is 1.64. The van der Waals surface area contributed by atoms with Crippen LogP contribution in [0.5, 0.6) is 0 Å². The second kappa shape index (κ2) is 7.79. The van der Waals surface area contributed by atoms with Crippen molar-refractivity contribution in [1.82, 2.24) is 19.9 Å². The normalized spacial score (nSPS) is 10.5. The summed E-state index contributed by atoms with van der Waals surface area (Å²) >= 11 is 1.17. The van der Waals surface area contributed by atoms with Gasteiger partial charge >= 0.3 is 0 Å². The number of Topliss-reactive ketones (excluding diaryl/α,β-unsaturated/α-hetero) is 1. The van der Waals surface area contributed by atoms with E-state index in [1.165, 1.54) is 23.4 Å². The fraction of sp³-hybridized carbons (Fsp3) is 0.118. The Labute approximate surface area is 153 Å². The number of nitrogen functional groups attached to an aromatic ring is 1. The molecule has 0 aliphatic rings. The summed E-state index contributed by atoms with van der Waals surface area (Å²) in [6.45, 7) is 1.49. The minimum absolute atomic E-state index is 0.0237. The van der Waals surface area contributed by atoms with Crippen molar-refractivity contribution in [2.45, 2.75) is 12.1 Å². The van der Waals surface area contributed by atoms with Crippen LogP contribution < -0.4 is 11.2 Å². The number of carbonyl (C=O) groups is 2. The number of rotatable bonds is 6. The van der Waals surface area contributed by atoms with Crippen molar-refractivity contribution >= 4 is 29.1 Å². The number of carbonyl (C=O) groups excluding carboxylic acids is 2. The number of anilines is 1. The molecular weight excluding hydrogens is 352 g/mol. The summed E-state index contributed by atoms with van der Waals surface area (Å²) in [6, 6.07) is 12.1. The number of ketones is 1. The molecule has 3 rings (SSSR count). The van der Waals surface area contributed by atoms with Crippen molar-refractivity contribution in [1.29, 1.82) is 0 Å². The molecule has 1 amide bonds. The number of pyridine rings is 1. The Balaban J connectivity index is 1.60. The summed E-state index contributed by atoms with van der Waals surface area (Å²) in [5.74, 6) is 6.29. The van der Waals surface area contributed by atoms with Gasteiger partial charge in [0.2, 0.25) is 16.9 Å². The molecule has 0 fully saturated rings. The zero-order chi connectivity index (χ0) is 18.5. The van der Waals surface area contributed by atoms with Crippen molar-refractivity contribution in [3.63, 3.8) is 0 Å². The number of thioether (sulfide) groups is 1. The number of hydrogen-bond donors (Lipinski definition) is 2. The summed E-state index contributed by atoms with van der Waals surface area (Å²) in [5, 5.41) is 11.2. The summed E-state index contributed by atoms with van der Waals surface area (Å²) in [4.78, 5) is 27.5. The lowest BCUT2D eigenvalue weighted by atomic mass is 10.1. The smallest absolute Gasteiger partial charge is 0.234 e. The topological polar surface area (TPSA) is 116 Å². The molecule has 2 heterocycles. The SMILES string of the molecule is CC(=O)c1ccc(NC(=O)CSc2nnc(-c3ccccn3)n2N)cc1. The zero-order valence-electron chi connectivity index (χ0n) is 13.9. The van der Waals surface area contributed by atoms with E-state index in [-0.39, 0.29) is 17.4 Å². The zero-order valence-corrected chi connectivity index (χ0v) is 14.7. The predicted octanol–water partition coefficient (Wildman–Crippen LogP) is 1.99.